The molecule has 0 radical (unpaired) electrons. The molecule has 1 atom stereocenters. The first kappa shape index (κ1) is 12.6. The summed E-state index contributed by atoms with van der Waals surface area (Å²) >= 11 is 1.44. The van der Waals surface area contributed by atoms with Crippen molar-refractivity contribution in [1.29, 1.82) is 0 Å². The van der Waals surface area contributed by atoms with Crippen LogP contribution in [0, 0.1) is 5.82 Å². The number of ether oxygens (including phenoxy) is 1. The third kappa shape index (κ3) is 2.13. The van der Waals surface area contributed by atoms with E-state index in [1.54, 1.807) is 12.1 Å². The first-order valence-corrected chi connectivity index (χ1v) is 7.03. The van der Waals surface area contributed by atoms with Gasteiger partial charge in [0.25, 0.3) is 0 Å². The van der Waals surface area contributed by atoms with Crippen molar-refractivity contribution in [2.75, 3.05) is 7.11 Å². The Morgan fingerprint density at radius 3 is 3.05 bits per heavy atom. The summed E-state index contributed by atoms with van der Waals surface area (Å²) in [7, 11) is 1.51. The predicted octanol–water partition coefficient (Wildman–Crippen LogP) is 3.33. The monoisotopic (exact) mass is 279 g/mol. The lowest BCUT2D eigenvalue weighted by Crippen LogP contribution is -2.07. The summed E-state index contributed by atoms with van der Waals surface area (Å²) in [4.78, 5) is 5.47. The first-order chi connectivity index (χ1) is 9.20. The molecule has 1 unspecified atom stereocenters. The zero-order chi connectivity index (χ0) is 13.4. The van der Waals surface area contributed by atoms with Gasteiger partial charge in [0.2, 0.25) is 0 Å². The van der Waals surface area contributed by atoms with Gasteiger partial charge in [-0.15, -0.1) is 11.3 Å². The van der Waals surface area contributed by atoms with Crippen molar-refractivity contribution in [3.05, 3.63) is 34.6 Å². The average molecular weight is 279 g/mol. The molecule has 19 heavy (non-hydrogen) atoms. The molecule has 5 heteroatoms. The van der Waals surface area contributed by atoms with E-state index in [-0.39, 0.29) is 5.82 Å². The molecule has 0 bridgehead atoms. The molecule has 1 heterocycles. The Bertz CT molecular complexity index is 611. The Labute approximate surface area is 114 Å². The highest BCUT2D eigenvalue weighted by atomic mass is 32.1. The molecule has 0 spiro atoms. The number of rotatable bonds is 2. The molecule has 1 aliphatic rings. The van der Waals surface area contributed by atoms with Gasteiger partial charge in [0.1, 0.15) is 16.6 Å². The molecule has 0 amide bonds. The Balaban J connectivity index is 2.13. The number of methoxy groups -OCH3 is 1. The van der Waals surface area contributed by atoms with Crippen molar-refractivity contribution in [1.82, 2.24) is 4.98 Å². The molecule has 1 aromatic carbocycles. The van der Waals surface area contributed by atoms with Crippen molar-refractivity contribution in [3.63, 3.8) is 0 Å². The van der Waals surface area contributed by atoms with Crippen molar-refractivity contribution in [2.24, 2.45) is 0 Å². The van der Waals surface area contributed by atoms with Gasteiger partial charge in [-0.3, -0.25) is 0 Å². The zero-order valence-electron chi connectivity index (χ0n) is 10.5. The maximum atomic E-state index is 14.0. The number of aryl methyl sites for hydroxylation is 1. The molecule has 0 saturated carbocycles. The number of hydrogen-bond acceptors (Lipinski definition) is 4. The Morgan fingerprint density at radius 1 is 1.47 bits per heavy atom. The van der Waals surface area contributed by atoms with Crippen LogP contribution in [-0.4, -0.2) is 17.2 Å². The highest BCUT2D eigenvalue weighted by molar-refractivity contribution is 7.15. The van der Waals surface area contributed by atoms with E-state index in [1.807, 2.05) is 0 Å². The number of benzene rings is 1. The quantitative estimate of drug-likeness (QED) is 0.917. The third-order valence-electron chi connectivity index (χ3n) is 3.33. The van der Waals surface area contributed by atoms with Gasteiger partial charge in [-0.1, -0.05) is 6.07 Å². The number of aliphatic hydroxyl groups excluding tert-OH is 1. The minimum Gasteiger partial charge on any atom is -0.496 e. The van der Waals surface area contributed by atoms with Crippen LogP contribution < -0.4 is 4.74 Å². The van der Waals surface area contributed by atoms with Crippen LogP contribution in [0.3, 0.4) is 0 Å². The van der Waals surface area contributed by atoms with Crippen LogP contribution in [0.1, 0.15) is 29.5 Å². The normalized spacial score (nSPS) is 18.2. The molecular weight excluding hydrogens is 265 g/mol. The molecule has 3 rings (SSSR count). The molecule has 1 N–H and O–H groups in total. The van der Waals surface area contributed by atoms with Crippen LogP contribution in [0.5, 0.6) is 5.75 Å². The summed E-state index contributed by atoms with van der Waals surface area (Å²) < 4.78 is 19.2. The van der Waals surface area contributed by atoms with E-state index in [0.717, 1.165) is 24.1 Å². The minimum absolute atomic E-state index is 0.347. The minimum atomic E-state index is -0.522. The van der Waals surface area contributed by atoms with Crippen molar-refractivity contribution >= 4 is 11.3 Å². The number of thiazole rings is 1. The molecule has 0 aliphatic heterocycles. The molecule has 1 aliphatic carbocycles. The topological polar surface area (TPSA) is 42.4 Å². The second-order valence-electron chi connectivity index (χ2n) is 4.55. The lowest BCUT2D eigenvalue weighted by Gasteiger charge is -2.14. The summed E-state index contributed by atoms with van der Waals surface area (Å²) in [6.45, 7) is 0. The second kappa shape index (κ2) is 4.90. The first-order valence-electron chi connectivity index (χ1n) is 6.21. The van der Waals surface area contributed by atoms with Crippen molar-refractivity contribution < 1.29 is 14.2 Å². The van der Waals surface area contributed by atoms with Gasteiger partial charge in [-0.25, -0.2) is 9.37 Å². The van der Waals surface area contributed by atoms with E-state index >= 15 is 0 Å². The van der Waals surface area contributed by atoms with E-state index in [2.05, 4.69) is 4.98 Å². The molecule has 2 aromatic rings. The third-order valence-corrected chi connectivity index (χ3v) is 4.48. The van der Waals surface area contributed by atoms with E-state index in [1.165, 1.54) is 24.5 Å². The second-order valence-corrected chi connectivity index (χ2v) is 5.64. The standard InChI is InChI=1S/C14H14FNO2S/c1-18-10-6-2-4-8(15)12(10)14-16-13-9(17)5-3-7-11(13)19-14/h2,4,6,9,17H,3,5,7H2,1H3. The maximum Gasteiger partial charge on any atom is 0.137 e. The van der Waals surface area contributed by atoms with Gasteiger partial charge in [0.15, 0.2) is 0 Å². The van der Waals surface area contributed by atoms with E-state index in [4.69, 9.17) is 4.74 Å². The fourth-order valence-corrected chi connectivity index (χ4v) is 3.59. The van der Waals surface area contributed by atoms with Crippen molar-refractivity contribution in [2.45, 2.75) is 25.4 Å². The van der Waals surface area contributed by atoms with Crippen LogP contribution in [0.25, 0.3) is 10.6 Å². The van der Waals surface area contributed by atoms with E-state index in [9.17, 15) is 9.50 Å². The lowest BCUT2D eigenvalue weighted by atomic mass is 10.0. The predicted molar refractivity (Wildman–Crippen MR) is 72.0 cm³/mol. The molecule has 1 aromatic heterocycles. The lowest BCUT2D eigenvalue weighted by molar-refractivity contribution is 0.153. The number of aliphatic hydroxyl groups is 1. The molecule has 3 nitrogen and oxygen atoms in total. The maximum absolute atomic E-state index is 14.0. The number of aromatic nitrogens is 1. The molecular formula is C14H14FNO2S. The zero-order valence-corrected chi connectivity index (χ0v) is 11.3. The Hall–Kier alpha value is -1.46. The smallest absolute Gasteiger partial charge is 0.137 e. The molecule has 100 valence electrons. The van der Waals surface area contributed by atoms with Crippen LogP contribution >= 0.6 is 11.3 Å². The van der Waals surface area contributed by atoms with Crippen LogP contribution in [-0.2, 0) is 6.42 Å². The van der Waals surface area contributed by atoms with Gasteiger partial charge in [0, 0.05) is 4.88 Å². The highest BCUT2D eigenvalue weighted by Gasteiger charge is 2.25. The van der Waals surface area contributed by atoms with E-state index < -0.39 is 6.10 Å². The fourth-order valence-electron chi connectivity index (χ4n) is 2.38. The number of nitrogens with zero attached hydrogens (tertiary/aromatic N) is 1. The summed E-state index contributed by atoms with van der Waals surface area (Å²) in [5.74, 6) is 0.125. The van der Waals surface area contributed by atoms with Gasteiger partial charge in [0.05, 0.1) is 24.5 Å². The largest absolute Gasteiger partial charge is 0.496 e. The van der Waals surface area contributed by atoms with Gasteiger partial charge < -0.3 is 9.84 Å². The fraction of sp³-hybridized carbons (Fsp3) is 0.357. The van der Waals surface area contributed by atoms with Crippen LogP contribution in [0.4, 0.5) is 4.39 Å². The van der Waals surface area contributed by atoms with Gasteiger partial charge >= 0.3 is 0 Å². The van der Waals surface area contributed by atoms with Crippen LogP contribution in [0.15, 0.2) is 18.2 Å². The summed E-state index contributed by atoms with van der Waals surface area (Å²) in [6, 6.07) is 4.73. The van der Waals surface area contributed by atoms with Gasteiger partial charge in [-0.2, -0.15) is 0 Å². The highest BCUT2D eigenvalue weighted by Crippen LogP contribution is 2.40. The number of fused-ring (bicyclic) bond motifs is 1. The molecule has 0 fully saturated rings. The molecule has 0 saturated heterocycles. The number of halogens is 1. The van der Waals surface area contributed by atoms with Crippen molar-refractivity contribution in [3.8, 4) is 16.3 Å². The summed E-state index contributed by atoms with van der Waals surface area (Å²) in [5.41, 5.74) is 1.09. The van der Waals surface area contributed by atoms with E-state index in [0.29, 0.717) is 22.0 Å². The SMILES string of the molecule is COc1cccc(F)c1-c1nc2c(s1)CCCC2O. The summed E-state index contributed by atoms with van der Waals surface area (Å²) in [6.07, 6.45) is 2.06. The summed E-state index contributed by atoms with van der Waals surface area (Å²) in [5, 5.41) is 10.5. The Morgan fingerprint density at radius 2 is 2.32 bits per heavy atom. The van der Waals surface area contributed by atoms with Crippen LogP contribution in [0.2, 0.25) is 0 Å². The Kier molecular flexibility index (Phi) is 3.24. The number of hydrogen-bond donors (Lipinski definition) is 1. The van der Waals surface area contributed by atoms with Gasteiger partial charge in [-0.05, 0) is 31.4 Å². The average Bonchev–Trinajstić information content (AvgIpc) is 2.83.